The zero-order valence-electron chi connectivity index (χ0n) is 32.0. The topological polar surface area (TPSA) is 61.7 Å². The number of hydrogen-bond donors (Lipinski definition) is 0. The number of hydrogen-bond acceptors (Lipinski definition) is 5. The molecule has 0 saturated carbocycles. The van der Waals surface area contributed by atoms with Gasteiger partial charge in [0.05, 0.1) is 16.7 Å². The van der Waals surface area contributed by atoms with Gasteiger partial charge in [-0.2, -0.15) is 0 Å². The first-order valence-electron chi connectivity index (χ1n) is 20.0. The first-order valence-corrected chi connectivity index (χ1v) is 20.8. The van der Waals surface area contributed by atoms with Gasteiger partial charge in [-0.15, -0.1) is 0 Å². The Bertz CT molecular complexity index is 3680. The van der Waals surface area contributed by atoms with Crippen LogP contribution in [0.25, 0.3) is 111 Å². The molecule has 0 bridgehead atoms. The van der Waals surface area contributed by atoms with Crippen LogP contribution in [0.1, 0.15) is 0 Å². The molecule has 0 unspecified atom stereocenters. The van der Waals surface area contributed by atoms with Gasteiger partial charge in [0.15, 0.2) is 17.5 Å². The summed E-state index contributed by atoms with van der Waals surface area (Å²) in [5.74, 6) is 1.80. The summed E-state index contributed by atoms with van der Waals surface area (Å²) in [7, 11) is 0. The minimum atomic E-state index is 0.585. The molecule has 0 aliphatic carbocycles. The fraction of sp³-hybridized carbons (Fsp3) is 0. The van der Waals surface area contributed by atoms with Crippen LogP contribution in [0, 0.1) is 0 Å². The highest BCUT2D eigenvalue weighted by Crippen LogP contribution is 2.50. The van der Waals surface area contributed by atoms with Gasteiger partial charge in [-0.25, -0.2) is 15.0 Å². The van der Waals surface area contributed by atoms with Crippen molar-refractivity contribution in [3.8, 4) is 56.7 Å². The SMILES string of the molecule is c1ccc(-c2ccc(-c3nc(-c4ccc5c(c4)Sc4cccc6c7c8ccccc8n(-c8ccccc8)c7n-5c46)nc(-c4ccc5c(c4)oc4ccccc45)n3)cc2)cc1. The molecule has 5 heterocycles. The molecule has 7 heteroatoms. The van der Waals surface area contributed by atoms with Gasteiger partial charge in [0, 0.05) is 59.1 Å². The average molecular weight is 786 g/mol. The second-order valence-corrected chi connectivity index (χ2v) is 16.3. The molecule has 280 valence electrons. The van der Waals surface area contributed by atoms with Crippen LogP contribution in [-0.4, -0.2) is 24.1 Å². The first-order chi connectivity index (χ1) is 29.7. The normalized spacial score (nSPS) is 12.3. The van der Waals surface area contributed by atoms with E-state index < -0.39 is 0 Å². The van der Waals surface area contributed by atoms with E-state index in [2.05, 4.69) is 167 Å². The van der Waals surface area contributed by atoms with Crippen molar-refractivity contribution in [2.75, 3.05) is 0 Å². The largest absolute Gasteiger partial charge is 0.456 e. The lowest BCUT2D eigenvalue weighted by atomic mass is 10.0. The predicted octanol–water partition coefficient (Wildman–Crippen LogP) is 13.9. The molecular weight excluding hydrogens is 755 g/mol. The van der Waals surface area contributed by atoms with Crippen molar-refractivity contribution in [1.82, 2.24) is 24.1 Å². The molecule has 0 spiro atoms. The van der Waals surface area contributed by atoms with Crippen molar-refractivity contribution >= 4 is 66.5 Å². The molecule has 0 radical (unpaired) electrons. The van der Waals surface area contributed by atoms with Crippen molar-refractivity contribution in [1.29, 1.82) is 0 Å². The van der Waals surface area contributed by atoms with Crippen molar-refractivity contribution < 1.29 is 4.42 Å². The third-order valence-electron chi connectivity index (χ3n) is 11.8. The lowest BCUT2D eigenvalue weighted by molar-refractivity contribution is 0.669. The van der Waals surface area contributed by atoms with E-state index in [-0.39, 0.29) is 0 Å². The van der Waals surface area contributed by atoms with Crippen LogP contribution in [0.15, 0.2) is 202 Å². The molecule has 8 aromatic carbocycles. The van der Waals surface area contributed by atoms with Gasteiger partial charge in [0.1, 0.15) is 16.8 Å². The van der Waals surface area contributed by atoms with E-state index in [0.29, 0.717) is 17.5 Å². The van der Waals surface area contributed by atoms with Crippen LogP contribution in [0.3, 0.4) is 0 Å². The van der Waals surface area contributed by atoms with Crippen molar-refractivity contribution in [3.63, 3.8) is 0 Å². The minimum absolute atomic E-state index is 0.585. The second kappa shape index (κ2) is 12.9. The van der Waals surface area contributed by atoms with Crippen molar-refractivity contribution in [3.05, 3.63) is 188 Å². The molecule has 0 saturated heterocycles. The van der Waals surface area contributed by atoms with E-state index in [1.54, 1.807) is 11.8 Å². The van der Waals surface area contributed by atoms with Gasteiger partial charge in [-0.05, 0) is 71.8 Å². The van der Waals surface area contributed by atoms with Crippen molar-refractivity contribution in [2.24, 2.45) is 0 Å². The van der Waals surface area contributed by atoms with Gasteiger partial charge < -0.3 is 4.42 Å². The quantitative estimate of drug-likeness (QED) is 0.174. The highest BCUT2D eigenvalue weighted by atomic mass is 32.2. The highest BCUT2D eigenvalue weighted by molar-refractivity contribution is 7.99. The van der Waals surface area contributed by atoms with E-state index in [4.69, 9.17) is 19.4 Å². The molecule has 0 N–H and O–H groups in total. The molecule has 1 aliphatic heterocycles. The van der Waals surface area contributed by atoms with E-state index in [0.717, 1.165) is 71.7 Å². The maximum atomic E-state index is 6.32. The number of nitrogens with zero attached hydrogens (tertiary/aromatic N) is 5. The highest BCUT2D eigenvalue weighted by Gasteiger charge is 2.28. The molecule has 6 nitrogen and oxygen atoms in total. The van der Waals surface area contributed by atoms with Crippen LogP contribution in [0.4, 0.5) is 0 Å². The monoisotopic (exact) mass is 785 g/mol. The fourth-order valence-corrected chi connectivity index (χ4v) is 10.2. The summed E-state index contributed by atoms with van der Waals surface area (Å²) in [5, 5.41) is 5.90. The minimum Gasteiger partial charge on any atom is -0.456 e. The molecular formula is C53H31N5OS. The Kier molecular flexibility index (Phi) is 7.14. The first kappa shape index (κ1) is 33.3. The van der Waals surface area contributed by atoms with Crippen LogP contribution >= 0.6 is 11.8 Å². The fourth-order valence-electron chi connectivity index (χ4n) is 9.03. The van der Waals surface area contributed by atoms with E-state index in [9.17, 15) is 0 Å². The standard InChI is InChI=1S/C53H31N5OS/c1-3-12-32(13-4-1)33-22-24-34(25-23-33)50-54-51(35-26-28-39-38-16-8-10-20-44(38)59-45(39)30-35)56-52(55-50)36-27-29-43-47(31-36)60-46-21-11-18-41-48-40-17-7-9-19-42(40)57(37-14-5-2-6-15-37)53(48)58(43)49(41)46/h1-31H. The Morgan fingerprint density at radius 1 is 0.400 bits per heavy atom. The van der Waals surface area contributed by atoms with Crippen LogP contribution in [-0.2, 0) is 0 Å². The Morgan fingerprint density at radius 2 is 1.00 bits per heavy atom. The molecule has 12 aromatic rings. The van der Waals surface area contributed by atoms with E-state index in [1.165, 1.54) is 32.1 Å². The Hall–Kier alpha value is -7.74. The zero-order valence-corrected chi connectivity index (χ0v) is 32.8. The summed E-state index contributed by atoms with van der Waals surface area (Å²) >= 11 is 1.80. The predicted molar refractivity (Wildman–Crippen MR) is 244 cm³/mol. The molecule has 13 rings (SSSR count). The molecule has 0 fully saturated rings. The Morgan fingerprint density at radius 3 is 1.82 bits per heavy atom. The van der Waals surface area contributed by atoms with Crippen LogP contribution in [0.2, 0.25) is 0 Å². The number of fused-ring (bicyclic) bond motifs is 10. The lowest BCUT2D eigenvalue weighted by Gasteiger charge is -2.22. The molecule has 0 amide bonds. The van der Waals surface area contributed by atoms with Gasteiger partial charge in [0.2, 0.25) is 0 Å². The number of benzene rings is 8. The zero-order chi connectivity index (χ0) is 39.3. The molecule has 0 atom stereocenters. The number of furan rings is 1. The van der Waals surface area contributed by atoms with Crippen LogP contribution < -0.4 is 0 Å². The second-order valence-electron chi connectivity index (χ2n) is 15.2. The number of aromatic nitrogens is 5. The Labute approximate surface area is 348 Å². The van der Waals surface area contributed by atoms with Crippen LogP contribution in [0.5, 0.6) is 0 Å². The van der Waals surface area contributed by atoms with Gasteiger partial charge >= 0.3 is 0 Å². The maximum Gasteiger partial charge on any atom is 0.164 e. The molecule has 4 aromatic heterocycles. The maximum absolute atomic E-state index is 6.32. The molecule has 1 aliphatic rings. The summed E-state index contributed by atoms with van der Waals surface area (Å²) < 4.78 is 11.2. The summed E-state index contributed by atoms with van der Waals surface area (Å²) in [6, 6.07) is 66.0. The summed E-state index contributed by atoms with van der Waals surface area (Å²) in [4.78, 5) is 17.8. The van der Waals surface area contributed by atoms with Gasteiger partial charge in [-0.3, -0.25) is 9.13 Å². The van der Waals surface area contributed by atoms with E-state index in [1.807, 2.05) is 30.3 Å². The van der Waals surface area contributed by atoms with Gasteiger partial charge in [-0.1, -0.05) is 139 Å². The number of para-hydroxylation sites is 4. The Balaban J connectivity index is 1.00. The van der Waals surface area contributed by atoms with E-state index >= 15 is 0 Å². The summed E-state index contributed by atoms with van der Waals surface area (Å²) in [6.45, 7) is 0. The average Bonchev–Trinajstić information content (AvgIpc) is 3.98. The smallest absolute Gasteiger partial charge is 0.164 e. The van der Waals surface area contributed by atoms with Gasteiger partial charge in [0.25, 0.3) is 0 Å². The molecule has 60 heavy (non-hydrogen) atoms. The summed E-state index contributed by atoms with van der Waals surface area (Å²) in [5.41, 5.74) is 12.5. The third kappa shape index (κ3) is 4.99. The third-order valence-corrected chi connectivity index (χ3v) is 12.9. The van der Waals surface area contributed by atoms with Crippen molar-refractivity contribution in [2.45, 2.75) is 9.79 Å². The lowest BCUT2D eigenvalue weighted by Crippen LogP contribution is -2.06. The number of rotatable bonds is 5. The summed E-state index contributed by atoms with van der Waals surface area (Å²) in [6.07, 6.45) is 0.